The van der Waals surface area contributed by atoms with Crippen LogP contribution < -0.4 is 5.32 Å². The van der Waals surface area contributed by atoms with Crippen LogP contribution in [0.2, 0.25) is 0 Å². The molecule has 1 aromatic carbocycles. The Morgan fingerprint density at radius 2 is 2.18 bits per heavy atom. The van der Waals surface area contributed by atoms with Crippen molar-refractivity contribution in [1.82, 2.24) is 10.2 Å². The minimum Gasteiger partial charge on any atom is -0.507 e. The number of benzene rings is 1. The van der Waals surface area contributed by atoms with Gasteiger partial charge in [-0.05, 0) is 37.6 Å². The Labute approximate surface area is 134 Å². The van der Waals surface area contributed by atoms with Crippen LogP contribution in [0.3, 0.4) is 0 Å². The molecular formula is C14H16BrF3N2O2. The van der Waals surface area contributed by atoms with Crippen LogP contribution in [0.15, 0.2) is 22.7 Å². The zero-order valence-corrected chi connectivity index (χ0v) is 13.2. The fraction of sp³-hybridized carbons (Fsp3) is 0.500. The summed E-state index contributed by atoms with van der Waals surface area (Å²) in [7, 11) is 0. The molecule has 1 aliphatic heterocycles. The number of halogens is 4. The fourth-order valence-electron chi connectivity index (χ4n) is 2.52. The van der Waals surface area contributed by atoms with Crippen LogP contribution in [-0.4, -0.2) is 47.8 Å². The molecule has 1 aromatic rings. The quantitative estimate of drug-likeness (QED) is 0.847. The molecule has 2 N–H and O–H groups in total. The number of carbonyl (C=O) groups excluding carboxylic acids is 1. The Bertz CT molecular complexity index is 551. The molecular weight excluding hydrogens is 365 g/mol. The van der Waals surface area contributed by atoms with Crippen molar-refractivity contribution < 1.29 is 23.1 Å². The average Bonchev–Trinajstić information content (AvgIpc) is 2.40. The molecule has 1 atom stereocenters. The number of hydrogen-bond donors (Lipinski definition) is 2. The van der Waals surface area contributed by atoms with E-state index >= 15 is 0 Å². The summed E-state index contributed by atoms with van der Waals surface area (Å²) in [5, 5.41) is 12.4. The SMILES string of the molecule is O=C(N[C@H]1CCCN(CC(F)(F)F)C1)c1cc(Br)ccc1O. The van der Waals surface area contributed by atoms with Crippen molar-refractivity contribution in [1.29, 1.82) is 0 Å². The first-order chi connectivity index (χ1) is 10.2. The van der Waals surface area contributed by atoms with Gasteiger partial charge in [0.1, 0.15) is 5.75 Å². The highest BCUT2D eigenvalue weighted by atomic mass is 79.9. The van der Waals surface area contributed by atoms with E-state index in [0.29, 0.717) is 23.9 Å². The van der Waals surface area contributed by atoms with Crippen molar-refractivity contribution in [3.05, 3.63) is 28.2 Å². The minimum absolute atomic E-state index is 0.0994. The maximum atomic E-state index is 12.4. The van der Waals surface area contributed by atoms with Gasteiger partial charge in [0.25, 0.3) is 5.91 Å². The Balaban J connectivity index is 1.98. The second-order valence-electron chi connectivity index (χ2n) is 5.32. The molecule has 0 radical (unpaired) electrons. The lowest BCUT2D eigenvalue weighted by molar-refractivity contribution is -0.148. The van der Waals surface area contributed by atoms with E-state index in [9.17, 15) is 23.1 Å². The lowest BCUT2D eigenvalue weighted by atomic mass is 10.0. The third-order valence-corrected chi connectivity index (χ3v) is 3.94. The molecule has 1 saturated heterocycles. The molecule has 0 aromatic heterocycles. The van der Waals surface area contributed by atoms with Gasteiger partial charge in [0.2, 0.25) is 0 Å². The molecule has 8 heteroatoms. The summed E-state index contributed by atoms with van der Waals surface area (Å²) < 4.78 is 37.9. The average molecular weight is 381 g/mol. The van der Waals surface area contributed by atoms with Gasteiger partial charge in [-0.1, -0.05) is 15.9 Å². The molecule has 0 aliphatic carbocycles. The van der Waals surface area contributed by atoms with E-state index in [1.54, 1.807) is 6.07 Å². The van der Waals surface area contributed by atoms with Gasteiger partial charge in [0.05, 0.1) is 12.1 Å². The first-order valence-electron chi connectivity index (χ1n) is 6.83. The van der Waals surface area contributed by atoms with Crippen molar-refractivity contribution in [2.24, 2.45) is 0 Å². The van der Waals surface area contributed by atoms with Crippen molar-refractivity contribution in [3.63, 3.8) is 0 Å². The van der Waals surface area contributed by atoms with Crippen LogP contribution in [0.1, 0.15) is 23.2 Å². The summed E-state index contributed by atoms with van der Waals surface area (Å²) >= 11 is 3.21. The second kappa shape index (κ2) is 6.87. The van der Waals surface area contributed by atoms with Gasteiger partial charge >= 0.3 is 6.18 Å². The number of likely N-dealkylation sites (tertiary alicyclic amines) is 1. The Morgan fingerprint density at radius 1 is 1.45 bits per heavy atom. The Kier molecular flexibility index (Phi) is 5.33. The zero-order chi connectivity index (χ0) is 16.3. The normalized spacial score (nSPS) is 19.9. The highest BCUT2D eigenvalue weighted by molar-refractivity contribution is 9.10. The molecule has 122 valence electrons. The van der Waals surface area contributed by atoms with Crippen LogP contribution >= 0.6 is 15.9 Å². The van der Waals surface area contributed by atoms with E-state index in [1.165, 1.54) is 17.0 Å². The van der Waals surface area contributed by atoms with Crippen LogP contribution in [0.25, 0.3) is 0 Å². The van der Waals surface area contributed by atoms with Gasteiger partial charge in [-0.25, -0.2) is 0 Å². The van der Waals surface area contributed by atoms with Crippen LogP contribution in [-0.2, 0) is 0 Å². The highest BCUT2D eigenvalue weighted by Gasteiger charge is 2.33. The minimum atomic E-state index is -4.24. The van der Waals surface area contributed by atoms with Gasteiger partial charge in [-0.15, -0.1) is 0 Å². The predicted molar refractivity (Wildman–Crippen MR) is 78.8 cm³/mol. The maximum absolute atomic E-state index is 12.4. The highest BCUT2D eigenvalue weighted by Crippen LogP contribution is 2.23. The predicted octanol–water partition coefficient (Wildman–Crippen LogP) is 2.91. The van der Waals surface area contributed by atoms with E-state index in [0.717, 1.165) is 0 Å². The number of piperidine rings is 1. The maximum Gasteiger partial charge on any atom is 0.401 e. The van der Waals surface area contributed by atoms with E-state index in [1.807, 2.05) is 0 Å². The first kappa shape index (κ1) is 17.1. The lowest BCUT2D eigenvalue weighted by Gasteiger charge is -2.33. The number of alkyl halides is 3. The third-order valence-electron chi connectivity index (χ3n) is 3.45. The van der Waals surface area contributed by atoms with E-state index in [-0.39, 0.29) is 23.9 Å². The Hall–Kier alpha value is -1.28. The summed E-state index contributed by atoms with van der Waals surface area (Å²) in [5.41, 5.74) is 0.0994. The molecule has 0 saturated carbocycles. The summed E-state index contributed by atoms with van der Waals surface area (Å²) in [6.45, 7) is -0.449. The van der Waals surface area contributed by atoms with Crippen LogP contribution in [0.4, 0.5) is 13.2 Å². The van der Waals surface area contributed by atoms with Crippen LogP contribution in [0.5, 0.6) is 5.75 Å². The number of amides is 1. The molecule has 1 fully saturated rings. The van der Waals surface area contributed by atoms with Gasteiger partial charge in [0, 0.05) is 17.1 Å². The summed E-state index contributed by atoms with van der Waals surface area (Å²) in [5.74, 6) is -0.652. The fourth-order valence-corrected chi connectivity index (χ4v) is 2.88. The largest absolute Gasteiger partial charge is 0.507 e. The van der Waals surface area contributed by atoms with Gasteiger partial charge in [0.15, 0.2) is 0 Å². The number of aromatic hydroxyl groups is 1. The molecule has 2 rings (SSSR count). The number of rotatable bonds is 3. The third kappa shape index (κ3) is 4.88. The van der Waals surface area contributed by atoms with Gasteiger partial charge in [-0.3, -0.25) is 9.69 Å². The number of phenols is 1. The smallest absolute Gasteiger partial charge is 0.401 e. The first-order valence-corrected chi connectivity index (χ1v) is 7.62. The van der Waals surface area contributed by atoms with Crippen molar-refractivity contribution in [2.75, 3.05) is 19.6 Å². The lowest BCUT2D eigenvalue weighted by Crippen LogP contribution is -2.49. The standard InChI is InChI=1S/C14H16BrF3N2O2/c15-9-3-4-12(21)11(6-9)13(22)19-10-2-1-5-20(7-10)8-14(16,17)18/h3-4,6,10,21H,1-2,5,7-8H2,(H,19,22)/t10-/m0/s1. The monoisotopic (exact) mass is 380 g/mol. The molecule has 0 unspecified atom stereocenters. The van der Waals surface area contributed by atoms with Crippen molar-refractivity contribution >= 4 is 21.8 Å². The van der Waals surface area contributed by atoms with Gasteiger partial charge in [-0.2, -0.15) is 13.2 Å². The number of hydrogen-bond acceptors (Lipinski definition) is 3. The van der Waals surface area contributed by atoms with Crippen molar-refractivity contribution in [3.8, 4) is 5.75 Å². The molecule has 1 heterocycles. The molecule has 1 aliphatic rings. The topological polar surface area (TPSA) is 52.6 Å². The molecule has 4 nitrogen and oxygen atoms in total. The number of nitrogens with one attached hydrogen (secondary N) is 1. The van der Waals surface area contributed by atoms with E-state index < -0.39 is 18.6 Å². The van der Waals surface area contributed by atoms with E-state index in [4.69, 9.17) is 0 Å². The van der Waals surface area contributed by atoms with Crippen LogP contribution in [0, 0.1) is 0 Å². The summed E-state index contributed by atoms with van der Waals surface area (Å²) in [4.78, 5) is 13.4. The Morgan fingerprint density at radius 3 is 2.86 bits per heavy atom. The number of nitrogens with zero attached hydrogens (tertiary/aromatic N) is 1. The molecule has 0 spiro atoms. The molecule has 1 amide bonds. The molecule has 0 bridgehead atoms. The zero-order valence-electron chi connectivity index (χ0n) is 11.7. The number of phenolic OH excluding ortho intramolecular Hbond substituents is 1. The van der Waals surface area contributed by atoms with Gasteiger partial charge < -0.3 is 10.4 Å². The molecule has 22 heavy (non-hydrogen) atoms. The summed E-state index contributed by atoms with van der Waals surface area (Å²) in [6.07, 6.45) is -3.03. The number of carbonyl (C=O) groups is 1. The van der Waals surface area contributed by atoms with E-state index in [2.05, 4.69) is 21.2 Å². The summed E-state index contributed by atoms with van der Waals surface area (Å²) in [6, 6.07) is 4.09. The second-order valence-corrected chi connectivity index (χ2v) is 6.24. The van der Waals surface area contributed by atoms with Crippen molar-refractivity contribution in [2.45, 2.75) is 25.1 Å².